The molecule has 0 spiro atoms. The van der Waals surface area contributed by atoms with Crippen LogP contribution >= 0.6 is 0 Å². The molecule has 0 unspecified atom stereocenters. The minimum Gasteiger partial charge on any atom is -0.497 e. The lowest BCUT2D eigenvalue weighted by molar-refractivity contribution is 0.0745. The highest BCUT2D eigenvalue weighted by molar-refractivity contribution is 5.94. The fourth-order valence-electron chi connectivity index (χ4n) is 3.92. The van der Waals surface area contributed by atoms with Crippen molar-refractivity contribution in [1.29, 1.82) is 5.26 Å². The third-order valence-electron chi connectivity index (χ3n) is 5.97. The summed E-state index contributed by atoms with van der Waals surface area (Å²) in [5.41, 5.74) is 1.80. The third kappa shape index (κ3) is 6.05. The Kier molecular flexibility index (Phi) is 8.24. The summed E-state index contributed by atoms with van der Waals surface area (Å²) in [6, 6.07) is 17.0. The zero-order chi connectivity index (χ0) is 25.3. The number of nitriles is 1. The van der Waals surface area contributed by atoms with Gasteiger partial charge in [0.15, 0.2) is 0 Å². The Morgan fingerprint density at radius 3 is 2.58 bits per heavy atom. The van der Waals surface area contributed by atoms with Crippen LogP contribution in [0.1, 0.15) is 47.3 Å². The summed E-state index contributed by atoms with van der Waals surface area (Å²) in [6.07, 6.45) is 5.67. The van der Waals surface area contributed by atoms with Gasteiger partial charge in [0.25, 0.3) is 5.91 Å². The Bertz CT molecular complexity index is 1240. The van der Waals surface area contributed by atoms with Gasteiger partial charge in [-0.2, -0.15) is 10.2 Å². The highest BCUT2D eigenvalue weighted by Gasteiger charge is 2.26. The van der Waals surface area contributed by atoms with Gasteiger partial charge in [0.2, 0.25) is 17.5 Å². The van der Waals surface area contributed by atoms with Crippen LogP contribution in [0.5, 0.6) is 11.5 Å². The highest BCUT2D eigenvalue weighted by atomic mass is 16.5. The molecule has 4 rings (SSSR count). The maximum atomic E-state index is 13.0. The van der Waals surface area contributed by atoms with Crippen molar-refractivity contribution >= 4 is 23.9 Å². The van der Waals surface area contributed by atoms with Crippen LogP contribution in [0.15, 0.2) is 52.9 Å². The van der Waals surface area contributed by atoms with E-state index in [9.17, 15) is 10.1 Å². The number of methoxy groups -OCH3 is 1. The van der Waals surface area contributed by atoms with Gasteiger partial charge in [0.05, 0.1) is 13.7 Å². The molecule has 1 fully saturated rings. The van der Waals surface area contributed by atoms with Crippen LogP contribution in [0, 0.1) is 11.3 Å². The molecule has 8 heteroatoms. The van der Waals surface area contributed by atoms with Gasteiger partial charge in [-0.05, 0) is 54.5 Å². The first-order chi connectivity index (χ1) is 17.6. The number of carbonyl (C=O) groups excluding carboxylic acids is 1. The maximum Gasteiger partial charge on any atom is 0.253 e. The Labute approximate surface area is 211 Å². The number of nitrogens with zero attached hydrogens (tertiary/aromatic N) is 4. The van der Waals surface area contributed by atoms with Crippen molar-refractivity contribution in [3.05, 3.63) is 71.2 Å². The fourth-order valence-corrected chi connectivity index (χ4v) is 3.92. The van der Waals surface area contributed by atoms with Gasteiger partial charge in [-0.25, -0.2) is 0 Å². The van der Waals surface area contributed by atoms with Crippen LogP contribution < -0.4 is 14.4 Å². The monoisotopic (exact) mass is 486 g/mol. The van der Waals surface area contributed by atoms with Crippen molar-refractivity contribution in [2.24, 2.45) is 0 Å². The molecule has 8 nitrogen and oxygen atoms in total. The van der Waals surface area contributed by atoms with E-state index in [0.29, 0.717) is 50.1 Å². The Balaban J connectivity index is 1.37. The summed E-state index contributed by atoms with van der Waals surface area (Å²) in [5.74, 6) is 2.30. The quantitative estimate of drug-likeness (QED) is 0.399. The summed E-state index contributed by atoms with van der Waals surface area (Å²) in [7, 11) is 1.62. The van der Waals surface area contributed by atoms with Gasteiger partial charge in [-0.3, -0.25) is 4.79 Å². The van der Waals surface area contributed by atoms with E-state index in [2.05, 4.69) is 18.0 Å². The molecular weight excluding hydrogens is 456 g/mol. The zero-order valence-electron chi connectivity index (χ0n) is 20.6. The van der Waals surface area contributed by atoms with E-state index in [4.69, 9.17) is 13.9 Å². The molecule has 0 radical (unpaired) electrons. The van der Waals surface area contributed by atoms with E-state index in [0.717, 1.165) is 29.9 Å². The van der Waals surface area contributed by atoms with E-state index in [1.54, 1.807) is 25.3 Å². The van der Waals surface area contributed by atoms with E-state index in [1.807, 2.05) is 52.3 Å². The van der Waals surface area contributed by atoms with Crippen molar-refractivity contribution in [2.75, 3.05) is 44.8 Å². The molecule has 1 amide bonds. The van der Waals surface area contributed by atoms with Crippen LogP contribution in [0.3, 0.4) is 0 Å². The lowest BCUT2D eigenvalue weighted by Gasteiger charge is -2.34. The second kappa shape index (κ2) is 11.9. The molecule has 1 aromatic heterocycles. The SMILES string of the molecule is CCCCOc1ccc(C(=O)N2CCN(c3oc(/C=C/c4cccc(OC)c4)nc3C#N)CC2)cc1. The minimum atomic E-state index is -0.0188. The van der Waals surface area contributed by atoms with Crippen LogP contribution in [-0.2, 0) is 0 Å². The van der Waals surface area contributed by atoms with Crippen molar-refractivity contribution in [2.45, 2.75) is 19.8 Å². The number of hydrogen-bond acceptors (Lipinski definition) is 7. The van der Waals surface area contributed by atoms with Crippen LogP contribution in [0.4, 0.5) is 5.88 Å². The van der Waals surface area contributed by atoms with Gasteiger partial charge in [-0.15, -0.1) is 0 Å². The number of rotatable bonds is 9. The summed E-state index contributed by atoms with van der Waals surface area (Å²) >= 11 is 0. The molecule has 36 heavy (non-hydrogen) atoms. The van der Waals surface area contributed by atoms with Crippen LogP contribution in [0.25, 0.3) is 12.2 Å². The Hall–Kier alpha value is -4.25. The van der Waals surface area contributed by atoms with E-state index in [-0.39, 0.29) is 11.6 Å². The first-order valence-electron chi connectivity index (χ1n) is 12.1. The summed E-state index contributed by atoms with van der Waals surface area (Å²) in [5, 5.41) is 9.58. The molecule has 1 aliphatic rings. The first-order valence-corrected chi connectivity index (χ1v) is 12.1. The average Bonchev–Trinajstić information content (AvgIpc) is 3.36. The van der Waals surface area contributed by atoms with Crippen molar-refractivity contribution < 1.29 is 18.7 Å². The number of hydrogen-bond donors (Lipinski definition) is 0. The number of anilines is 1. The van der Waals surface area contributed by atoms with E-state index >= 15 is 0 Å². The third-order valence-corrected chi connectivity index (χ3v) is 5.97. The Morgan fingerprint density at radius 1 is 1.11 bits per heavy atom. The number of ether oxygens (including phenoxy) is 2. The predicted molar refractivity (Wildman–Crippen MR) is 138 cm³/mol. The molecule has 1 aliphatic heterocycles. The van der Waals surface area contributed by atoms with Crippen LogP contribution in [0.2, 0.25) is 0 Å². The fraction of sp³-hybridized carbons (Fsp3) is 0.321. The molecule has 1 saturated heterocycles. The molecule has 0 N–H and O–H groups in total. The second-order valence-electron chi connectivity index (χ2n) is 8.43. The molecule has 0 bridgehead atoms. The molecule has 186 valence electrons. The van der Waals surface area contributed by atoms with Gasteiger partial charge >= 0.3 is 0 Å². The summed E-state index contributed by atoms with van der Waals surface area (Å²) < 4.78 is 16.8. The molecule has 3 aromatic rings. The number of piperazine rings is 1. The Morgan fingerprint density at radius 2 is 1.89 bits per heavy atom. The topological polar surface area (TPSA) is 91.8 Å². The minimum absolute atomic E-state index is 0.0188. The van der Waals surface area contributed by atoms with Crippen molar-refractivity contribution in [1.82, 2.24) is 9.88 Å². The largest absolute Gasteiger partial charge is 0.497 e. The number of benzene rings is 2. The van der Waals surface area contributed by atoms with Crippen molar-refractivity contribution in [3.8, 4) is 17.6 Å². The lowest BCUT2D eigenvalue weighted by atomic mass is 10.1. The van der Waals surface area contributed by atoms with Gasteiger partial charge in [-0.1, -0.05) is 25.5 Å². The zero-order valence-corrected chi connectivity index (χ0v) is 20.6. The maximum absolute atomic E-state index is 13.0. The molecule has 0 saturated carbocycles. The van der Waals surface area contributed by atoms with Gasteiger partial charge < -0.3 is 23.7 Å². The van der Waals surface area contributed by atoms with Gasteiger partial charge in [0.1, 0.15) is 17.6 Å². The molecular formula is C28H30N4O4. The number of aromatic nitrogens is 1. The number of oxazole rings is 1. The van der Waals surface area contributed by atoms with E-state index < -0.39 is 0 Å². The highest BCUT2D eigenvalue weighted by Crippen LogP contribution is 2.25. The molecule has 0 aliphatic carbocycles. The number of unbranched alkanes of at least 4 members (excludes halogenated alkanes) is 1. The standard InChI is InChI=1S/C28H30N4O4/c1-3-4-18-35-23-11-9-22(10-12-23)27(33)31-14-16-32(17-15-31)28-25(20-29)30-26(36-28)13-8-21-6-5-7-24(19-21)34-2/h5-13,19H,3-4,14-18H2,1-2H3/b13-8+. The molecule has 0 atom stereocenters. The summed E-state index contributed by atoms with van der Waals surface area (Å²) in [4.78, 5) is 21.1. The molecule has 2 aromatic carbocycles. The van der Waals surface area contributed by atoms with E-state index in [1.165, 1.54) is 0 Å². The average molecular weight is 487 g/mol. The lowest BCUT2D eigenvalue weighted by Crippen LogP contribution is -2.48. The number of amides is 1. The van der Waals surface area contributed by atoms with Gasteiger partial charge in [0, 0.05) is 37.8 Å². The first kappa shape index (κ1) is 24.9. The second-order valence-corrected chi connectivity index (χ2v) is 8.43. The normalized spacial score (nSPS) is 13.6. The summed E-state index contributed by atoms with van der Waals surface area (Å²) in [6.45, 7) is 4.94. The van der Waals surface area contributed by atoms with Crippen LogP contribution in [-0.4, -0.2) is 55.7 Å². The smallest absolute Gasteiger partial charge is 0.253 e. The molecule has 2 heterocycles. The predicted octanol–water partition coefficient (Wildman–Crippen LogP) is 4.87. The number of carbonyl (C=O) groups is 1. The van der Waals surface area contributed by atoms with Crippen molar-refractivity contribution in [3.63, 3.8) is 0 Å².